The van der Waals surface area contributed by atoms with Crippen molar-refractivity contribution < 1.29 is 0 Å². The van der Waals surface area contributed by atoms with Gasteiger partial charge in [-0.2, -0.15) is 0 Å². The molecule has 1 fully saturated rings. The van der Waals surface area contributed by atoms with Crippen molar-refractivity contribution in [2.24, 2.45) is 0 Å². The van der Waals surface area contributed by atoms with Gasteiger partial charge in [0.15, 0.2) is 0 Å². The van der Waals surface area contributed by atoms with E-state index in [0.29, 0.717) is 12.0 Å². The number of rotatable bonds is 3. The van der Waals surface area contributed by atoms with E-state index >= 15 is 0 Å². The van der Waals surface area contributed by atoms with Gasteiger partial charge < -0.3 is 9.80 Å². The molecule has 1 atom stereocenters. The molecule has 1 aliphatic rings. The van der Waals surface area contributed by atoms with E-state index < -0.39 is 0 Å². The maximum atomic E-state index is 4.58. The molecule has 19 heavy (non-hydrogen) atoms. The molecule has 3 nitrogen and oxygen atoms in total. The van der Waals surface area contributed by atoms with Crippen LogP contribution in [0.3, 0.4) is 0 Å². The molecule has 0 radical (unpaired) electrons. The fraction of sp³-hybridized carbons (Fsp3) is 0.688. The van der Waals surface area contributed by atoms with Gasteiger partial charge in [0, 0.05) is 25.8 Å². The van der Waals surface area contributed by atoms with Gasteiger partial charge in [-0.25, -0.2) is 4.98 Å². The molecule has 1 saturated heterocycles. The highest BCUT2D eigenvalue weighted by molar-refractivity contribution is 5.40. The van der Waals surface area contributed by atoms with E-state index in [0.717, 1.165) is 12.4 Å². The second-order valence-electron chi connectivity index (χ2n) is 5.42. The molecule has 0 aromatic carbocycles. The number of pyridine rings is 1. The van der Waals surface area contributed by atoms with Crippen LogP contribution in [0.4, 0.5) is 5.82 Å². The van der Waals surface area contributed by atoms with Crippen LogP contribution in [0.2, 0.25) is 0 Å². The van der Waals surface area contributed by atoms with Gasteiger partial charge in [-0.05, 0) is 37.6 Å². The molecule has 0 N–H and O–H groups in total. The molecule has 0 spiro atoms. The Morgan fingerprint density at radius 2 is 2.00 bits per heavy atom. The van der Waals surface area contributed by atoms with Crippen molar-refractivity contribution >= 4 is 5.82 Å². The van der Waals surface area contributed by atoms with Gasteiger partial charge in [-0.3, -0.25) is 0 Å². The summed E-state index contributed by atoms with van der Waals surface area (Å²) in [5.41, 5.74) is 1.31. The minimum absolute atomic E-state index is 0.555. The van der Waals surface area contributed by atoms with Crippen LogP contribution in [0.15, 0.2) is 18.3 Å². The number of hydrogen-bond donors (Lipinski definition) is 0. The average Bonchev–Trinajstić information content (AvgIpc) is 2.87. The molecule has 2 heterocycles. The first-order valence-electron chi connectivity index (χ1n) is 7.45. The topological polar surface area (TPSA) is 19.4 Å². The van der Waals surface area contributed by atoms with Gasteiger partial charge in [0.05, 0.1) is 0 Å². The van der Waals surface area contributed by atoms with E-state index in [4.69, 9.17) is 0 Å². The van der Waals surface area contributed by atoms with Crippen LogP contribution < -0.4 is 4.90 Å². The Kier molecular flexibility index (Phi) is 6.29. The molecular formula is C16H29N3. The van der Waals surface area contributed by atoms with Crippen molar-refractivity contribution in [2.75, 3.05) is 32.1 Å². The lowest BCUT2D eigenvalue weighted by Gasteiger charge is -2.25. The van der Waals surface area contributed by atoms with Crippen molar-refractivity contribution in [3.63, 3.8) is 0 Å². The van der Waals surface area contributed by atoms with Gasteiger partial charge in [-0.1, -0.05) is 33.8 Å². The number of nitrogens with zero attached hydrogens (tertiary/aromatic N) is 3. The summed E-state index contributed by atoms with van der Waals surface area (Å²) in [5.74, 6) is 1.65. The van der Waals surface area contributed by atoms with Gasteiger partial charge in [0.2, 0.25) is 0 Å². The van der Waals surface area contributed by atoms with Crippen LogP contribution in [0.5, 0.6) is 0 Å². The molecular weight excluding hydrogens is 234 g/mol. The number of anilines is 1. The molecule has 2 rings (SSSR count). The third-order valence-electron chi connectivity index (χ3n) is 3.71. The lowest BCUT2D eigenvalue weighted by molar-refractivity contribution is 0.409. The van der Waals surface area contributed by atoms with Gasteiger partial charge in [-0.15, -0.1) is 0 Å². The molecule has 1 unspecified atom stereocenters. The highest BCUT2D eigenvalue weighted by Gasteiger charge is 2.23. The van der Waals surface area contributed by atoms with Crippen molar-refractivity contribution in [2.45, 2.75) is 46.1 Å². The van der Waals surface area contributed by atoms with Crippen molar-refractivity contribution in [1.82, 2.24) is 9.88 Å². The number of likely N-dealkylation sites (tertiary alicyclic amines) is 1. The number of likely N-dealkylation sites (N-methyl/N-ethyl adjacent to an activating group) is 2. The van der Waals surface area contributed by atoms with Crippen molar-refractivity contribution in [1.29, 1.82) is 0 Å². The summed E-state index contributed by atoms with van der Waals surface area (Å²) in [6, 6.07) is 4.95. The predicted octanol–water partition coefficient (Wildman–Crippen LogP) is 3.37. The lowest BCUT2D eigenvalue weighted by atomic mass is 10.1. The Morgan fingerprint density at radius 1 is 1.32 bits per heavy atom. The fourth-order valence-corrected chi connectivity index (χ4v) is 2.36. The average molecular weight is 263 g/mol. The summed E-state index contributed by atoms with van der Waals surface area (Å²) >= 11 is 0. The second kappa shape index (κ2) is 7.49. The van der Waals surface area contributed by atoms with Crippen LogP contribution in [-0.4, -0.2) is 43.1 Å². The number of hydrogen-bond acceptors (Lipinski definition) is 3. The molecule has 1 aromatic heterocycles. The highest BCUT2D eigenvalue weighted by atomic mass is 15.3. The van der Waals surface area contributed by atoms with E-state index in [-0.39, 0.29) is 0 Å². The summed E-state index contributed by atoms with van der Waals surface area (Å²) in [4.78, 5) is 9.27. The molecule has 1 aromatic rings. The molecule has 3 heteroatoms. The first-order chi connectivity index (χ1) is 9.08. The van der Waals surface area contributed by atoms with E-state index in [1.165, 1.54) is 18.5 Å². The summed E-state index contributed by atoms with van der Waals surface area (Å²) in [5, 5.41) is 0. The third-order valence-corrected chi connectivity index (χ3v) is 3.71. The zero-order valence-corrected chi connectivity index (χ0v) is 13.3. The quantitative estimate of drug-likeness (QED) is 0.833. The Morgan fingerprint density at radius 3 is 2.42 bits per heavy atom. The Bertz CT molecular complexity index is 359. The molecule has 0 saturated carbocycles. The van der Waals surface area contributed by atoms with Gasteiger partial charge in [0.25, 0.3) is 0 Å². The smallest absolute Gasteiger partial charge is 0.128 e. The van der Waals surface area contributed by atoms with Crippen LogP contribution >= 0.6 is 0 Å². The third kappa shape index (κ3) is 4.20. The molecule has 108 valence electrons. The van der Waals surface area contributed by atoms with Gasteiger partial charge >= 0.3 is 0 Å². The first-order valence-corrected chi connectivity index (χ1v) is 7.45. The Labute approximate surface area is 118 Å². The SMILES string of the molecule is CC.CC(C)c1ccc(N(C)C2CCN(C)C2)nc1. The minimum Gasteiger partial charge on any atom is -0.355 e. The monoisotopic (exact) mass is 263 g/mol. The molecule has 0 bridgehead atoms. The Balaban J connectivity index is 0.000000861. The van der Waals surface area contributed by atoms with E-state index in [1.54, 1.807) is 0 Å². The van der Waals surface area contributed by atoms with E-state index in [1.807, 2.05) is 20.0 Å². The van der Waals surface area contributed by atoms with Crippen LogP contribution in [0.1, 0.15) is 45.6 Å². The normalized spacial score (nSPS) is 19.2. The zero-order valence-electron chi connectivity index (χ0n) is 13.3. The lowest BCUT2D eigenvalue weighted by Crippen LogP contribution is -2.34. The largest absolute Gasteiger partial charge is 0.355 e. The zero-order chi connectivity index (χ0) is 14.4. The highest BCUT2D eigenvalue weighted by Crippen LogP contribution is 2.21. The summed E-state index contributed by atoms with van der Waals surface area (Å²) in [7, 11) is 4.34. The first kappa shape index (κ1) is 16.0. The molecule has 0 aliphatic carbocycles. The second-order valence-corrected chi connectivity index (χ2v) is 5.42. The van der Waals surface area contributed by atoms with Crippen LogP contribution in [0, 0.1) is 0 Å². The maximum Gasteiger partial charge on any atom is 0.128 e. The van der Waals surface area contributed by atoms with Gasteiger partial charge in [0.1, 0.15) is 5.82 Å². The summed E-state index contributed by atoms with van der Waals surface area (Å²) in [6.45, 7) is 10.7. The molecule has 0 amide bonds. The predicted molar refractivity (Wildman–Crippen MR) is 84.0 cm³/mol. The summed E-state index contributed by atoms with van der Waals surface area (Å²) in [6.07, 6.45) is 3.25. The van der Waals surface area contributed by atoms with Crippen molar-refractivity contribution in [3.05, 3.63) is 23.9 Å². The standard InChI is InChI=1S/C14H23N3.C2H6/c1-11(2)12-5-6-14(15-9-12)17(4)13-7-8-16(3)10-13;1-2/h5-6,9,11,13H,7-8,10H2,1-4H3;1-2H3. The molecule has 1 aliphatic heterocycles. The van der Waals surface area contributed by atoms with E-state index in [2.05, 4.69) is 54.9 Å². The van der Waals surface area contributed by atoms with Crippen LogP contribution in [0.25, 0.3) is 0 Å². The summed E-state index contributed by atoms with van der Waals surface area (Å²) < 4.78 is 0. The van der Waals surface area contributed by atoms with E-state index in [9.17, 15) is 0 Å². The van der Waals surface area contributed by atoms with Crippen LogP contribution in [-0.2, 0) is 0 Å². The Hall–Kier alpha value is -1.09. The number of aromatic nitrogens is 1. The minimum atomic E-state index is 0.555. The van der Waals surface area contributed by atoms with Crippen molar-refractivity contribution in [3.8, 4) is 0 Å². The fourth-order valence-electron chi connectivity index (χ4n) is 2.36. The maximum absolute atomic E-state index is 4.58.